The van der Waals surface area contributed by atoms with Gasteiger partial charge in [-0.05, 0) is 85.1 Å². The number of halogens is 6. The van der Waals surface area contributed by atoms with Gasteiger partial charge in [-0.25, -0.2) is 4.79 Å². The van der Waals surface area contributed by atoms with E-state index in [0.717, 1.165) is 57.7 Å². The number of rotatable bonds is 12. The van der Waals surface area contributed by atoms with Crippen LogP contribution in [0.15, 0.2) is 102 Å². The number of alkyl halides is 6. The van der Waals surface area contributed by atoms with Crippen LogP contribution in [0.25, 0.3) is 11.3 Å². The van der Waals surface area contributed by atoms with Crippen LogP contribution in [0.2, 0.25) is 0 Å². The van der Waals surface area contributed by atoms with Crippen LogP contribution in [0.3, 0.4) is 0 Å². The molecule has 2 unspecified atom stereocenters. The number of benzene rings is 3. The molecule has 0 amide bonds. The number of allylic oxidation sites excluding steroid dienone is 1. The predicted octanol–water partition coefficient (Wildman–Crippen LogP) is 8.47. The topological polar surface area (TPSA) is 71.5 Å². The second-order valence-corrected chi connectivity index (χ2v) is 12.6. The lowest BCUT2D eigenvalue weighted by Gasteiger charge is -2.17. The average Bonchev–Trinajstić information content (AvgIpc) is 3.00. The summed E-state index contributed by atoms with van der Waals surface area (Å²) in [5.41, 5.74) is 2.48. The molecule has 47 heavy (non-hydrogen) atoms. The minimum Gasteiger partial charge on any atom is -0.482 e. The Morgan fingerprint density at radius 1 is 0.957 bits per heavy atom. The lowest BCUT2D eigenvalue weighted by molar-refractivity contribution is -0.139. The van der Waals surface area contributed by atoms with Crippen molar-refractivity contribution in [1.29, 1.82) is 0 Å². The van der Waals surface area contributed by atoms with E-state index in [0.29, 0.717) is 29.0 Å². The van der Waals surface area contributed by atoms with E-state index >= 15 is 0 Å². The van der Waals surface area contributed by atoms with Gasteiger partial charge >= 0.3 is 18.3 Å². The minimum atomic E-state index is -4.44. The predicted molar refractivity (Wildman–Crippen MR) is 174 cm³/mol. The van der Waals surface area contributed by atoms with Gasteiger partial charge in [0.05, 0.1) is 22.2 Å². The number of hydrogen-bond acceptors (Lipinski definition) is 5. The molecule has 0 fully saturated rings. The van der Waals surface area contributed by atoms with Crippen LogP contribution in [-0.2, 0) is 35.3 Å². The minimum absolute atomic E-state index is 0.125. The summed E-state index contributed by atoms with van der Waals surface area (Å²) in [6, 6.07) is 18.6. The number of nitrogens with zero attached hydrogens (tertiary/aromatic N) is 1. The van der Waals surface area contributed by atoms with Gasteiger partial charge in [0, 0.05) is 35.6 Å². The Hall–Kier alpha value is -4.10. The number of aliphatic carboxylic acids is 1. The number of carboxylic acid groups (broad SMARTS) is 1. The van der Waals surface area contributed by atoms with Crippen LogP contribution in [0.1, 0.15) is 40.1 Å². The number of aromatic nitrogens is 1. The molecule has 0 spiro atoms. The van der Waals surface area contributed by atoms with Crippen molar-refractivity contribution in [3.05, 3.63) is 125 Å². The van der Waals surface area contributed by atoms with Gasteiger partial charge in [0.15, 0.2) is 11.5 Å². The molecule has 0 bridgehead atoms. The summed E-state index contributed by atoms with van der Waals surface area (Å²) in [5, 5.41) is 11.4. The van der Waals surface area contributed by atoms with Crippen molar-refractivity contribution >= 4 is 30.4 Å². The van der Waals surface area contributed by atoms with E-state index in [-0.39, 0.29) is 5.25 Å². The number of aryl methyl sites for hydroxylation is 1. The summed E-state index contributed by atoms with van der Waals surface area (Å²) in [7, 11) is 0. The Morgan fingerprint density at radius 2 is 1.57 bits per heavy atom. The largest absolute Gasteiger partial charge is 0.482 e. The second-order valence-electron chi connectivity index (χ2n) is 10.7. The summed E-state index contributed by atoms with van der Waals surface area (Å²) in [6.07, 6.45) is -4.69. The van der Waals surface area contributed by atoms with E-state index in [2.05, 4.69) is 22.9 Å². The van der Waals surface area contributed by atoms with Gasteiger partial charge in [-0.15, -0.1) is 12.6 Å². The molecule has 0 aliphatic rings. The zero-order valence-corrected chi connectivity index (χ0v) is 26.9. The highest BCUT2D eigenvalue weighted by atomic mass is 32.2. The van der Waals surface area contributed by atoms with Crippen molar-refractivity contribution in [3.63, 3.8) is 0 Å². The monoisotopic (exact) mass is 693 g/mol. The molecule has 1 aromatic heterocycles. The normalized spacial score (nSPS) is 13.6. The van der Waals surface area contributed by atoms with Crippen LogP contribution >= 0.6 is 12.6 Å². The van der Waals surface area contributed by atoms with Crippen molar-refractivity contribution in [2.45, 2.75) is 48.1 Å². The Morgan fingerprint density at radius 3 is 2.11 bits per heavy atom. The number of ether oxygens (including phenoxy) is 1. The zero-order chi connectivity index (χ0) is 34.4. The standard InChI is InChI=1S/C34H30F6N2O3S2/c1-20-15-27(12-14-30(20)45-19-31(43)44)47-28(16-21(2)42-32(46)24-6-10-26(11-7-24)34(38,39)40)17-22-3-13-29(41-18-22)23-4-8-25(9-5-23)33(35,36)37/h3-16,18,28,32,42,46H,17,19H2,1-2H3,(H,43,44)/p+1/b21-16+. The molecule has 0 radical (unpaired) electrons. The molecule has 4 aromatic rings. The maximum atomic E-state index is 13.0. The third-order valence-corrected chi connectivity index (χ3v) is 8.63. The fourth-order valence-corrected chi connectivity index (χ4v) is 6.41. The third kappa shape index (κ3) is 10.4. The van der Waals surface area contributed by atoms with Crippen molar-refractivity contribution in [1.82, 2.24) is 10.3 Å². The first-order chi connectivity index (χ1) is 22.1. The van der Waals surface area contributed by atoms with Crippen molar-refractivity contribution in [2.24, 2.45) is 0 Å². The molecule has 13 heteroatoms. The highest BCUT2D eigenvalue weighted by molar-refractivity contribution is 7.80. The van der Waals surface area contributed by atoms with Crippen LogP contribution in [0, 0.1) is 6.92 Å². The van der Waals surface area contributed by atoms with Crippen LogP contribution in [0.4, 0.5) is 26.3 Å². The maximum Gasteiger partial charge on any atom is 0.416 e. The highest BCUT2D eigenvalue weighted by Crippen LogP contribution is 2.32. The first-order valence-corrected chi connectivity index (χ1v) is 15.7. The maximum absolute atomic E-state index is 13.0. The molecule has 2 N–H and O–H groups in total. The van der Waals surface area contributed by atoms with Crippen LogP contribution in [0.5, 0.6) is 5.75 Å². The van der Waals surface area contributed by atoms with Gasteiger partial charge in [0.25, 0.3) is 0 Å². The van der Waals surface area contributed by atoms with Gasteiger partial charge in [0.1, 0.15) is 11.0 Å². The molecule has 1 heterocycles. The molecule has 0 aliphatic heterocycles. The average molecular weight is 694 g/mol. The molecular weight excluding hydrogens is 663 g/mol. The Bertz CT molecular complexity index is 1690. The highest BCUT2D eigenvalue weighted by Gasteiger charge is 2.31. The summed E-state index contributed by atoms with van der Waals surface area (Å²) in [5.74, 6) is -0.634. The zero-order valence-electron chi connectivity index (χ0n) is 25.1. The summed E-state index contributed by atoms with van der Waals surface area (Å²) >= 11 is 5.43. The first kappa shape index (κ1) is 35.7. The van der Waals surface area contributed by atoms with Gasteiger partial charge in [-0.2, -0.15) is 26.3 Å². The van der Waals surface area contributed by atoms with E-state index in [4.69, 9.17) is 9.84 Å². The molecule has 4 rings (SSSR count). The molecular formula is C34H31F6N2O3S2+. The van der Waals surface area contributed by atoms with Gasteiger partial charge in [0.2, 0.25) is 0 Å². The summed E-state index contributed by atoms with van der Waals surface area (Å²) in [6.45, 7) is 3.18. The van der Waals surface area contributed by atoms with Gasteiger partial charge < -0.3 is 15.2 Å². The summed E-state index contributed by atoms with van der Waals surface area (Å²) < 4.78 is 83.2. The molecule has 0 saturated heterocycles. The number of carbonyl (C=O) groups is 1. The molecule has 3 aromatic carbocycles. The molecule has 5 nitrogen and oxygen atoms in total. The Labute approximate surface area is 277 Å². The Kier molecular flexibility index (Phi) is 11.6. The number of hydrogen-bond donors (Lipinski definition) is 3. The van der Waals surface area contributed by atoms with E-state index in [1.54, 1.807) is 18.3 Å². The van der Waals surface area contributed by atoms with Gasteiger partial charge in [-0.1, -0.05) is 30.3 Å². The second kappa shape index (κ2) is 15.2. The number of carboxylic acids is 1. The van der Waals surface area contributed by atoms with Crippen molar-refractivity contribution in [3.8, 4) is 17.0 Å². The molecule has 0 aliphatic carbocycles. The summed E-state index contributed by atoms with van der Waals surface area (Å²) in [4.78, 5) is 16.3. The van der Waals surface area contributed by atoms with E-state index in [1.165, 1.54) is 24.3 Å². The van der Waals surface area contributed by atoms with Crippen LogP contribution in [-0.4, -0.2) is 27.9 Å². The van der Waals surface area contributed by atoms with Crippen molar-refractivity contribution in [2.75, 3.05) is 6.61 Å². The number of nitrogens with one attached hydrogen (secondary N) is 1. The van der Waals surface area contributed by atoms with E-state index in [1.807, 2.05) is 38.1 Å². The Balaban J connectivity index is 1.54. The SMILES string of the molecule is C/C(=C\C(Cc1ccc(-c2ccc(C(F)(F)F)cc2)nc1)[SH+]c1ccc(OCC(=O)O)c(C)c1)NC(S)c1ccc(C(F)(F)F)cc1. The molecule has 2 atom stereocenters. The third-order valence-electron chi connectivity index (χ3n) is 6.96. The number of thiol groups is 2. The van der Waals surface area contributed by atoms with Crippen molar-refractivity contribution < 1.29 is 41.0 Å². The fourth-order valence-electron chi connectivity index (χ4n) is 4.63. The van der Waals surface area contributed by atoms with Crippen LogP contribution < -0.4 is 10.1 Å². The van der Waals surface area contributed by atoms with E-state index in [9.17, 15) is 31.1 Å². The lowest BCUT2D eigenvalue weighted by Crippen LogP contribution is -2.19. The smallest absolute Gasteiger partial charge is 0.416 e. The number of pyridine rings is 1. The van der Waals surface area contributed by atoms with Gasteiger partial charge in [-0.3, -0.25) is 4.98 Å². The quantitative estimate of drug-likeness (QED) is 0.0602. The molecule has 0 saturated carbocycles. The van der Waals surface area contributed by atoms with E-state index < -0.39 is 41.4 Å². The fraction of sp³-hybridized carbons (Fsp3) is 0.235. The lowest BCUT2D eigenvalue weighted by atomic mass is 10.1. The first-order valence-electron chi connectivity index (χ1n) is 14.2. The molecule has 248 valence electrons.